The van der Waals surface area contributed by atoms with Crippen molar-refractivity contribution in [1.29, 1.82) is 0 Å². The Morgan fingerprint density at radius 3 is 2.50 bits per heavy atom. The van der Waals surface area contributed by atoms with E-state index in [0.29, 0.717) is 5.02 Å². The van der Waals surface area contributed by atoms with Gasteiger partial charge in [-0.1, -0.05) is 54.1 Å². The average Bonchev–Trinajstić information content (AvgIpc) is 3.05. The van der Waals surface area contributed by atoms with Gasteiger partial charge in [0.15, 0.2) is 5.65 Å². The fraction of sp³-hybridized carbons (Fsp3) is 0.0526. The predicted molar refractivity (Wildman–Crippen MR) is 94.8 cm³/mol. The fourth-order valence-corrected chi connectivity index (χ4v) is 2.92. The molecule has 0 spiro atoms. The van der Waals surface area contributed by atoms with Gasteiger partial charge in [0, 0.05) is 17.3 Å². The summed E-state index contributed by atoms with van der Waals surface area (Å²) < 4.78 is 2.00. The molecule has 0 saturated carbocycles. The molecule has 0 aliphatic carbocycles. The lowest BCUT2D eigenvalue weighted by Crippen LogP contribution is -1.93. The summed E-state index contributed by atoms with van der Waals surface area (Å²) in [6.07, 6.45) is 5.50. The summed E-state index contributed by atoms with van der Waals surface area (Å²) in [4.78, 5) is 8.88. The molecule has 0 fully saturated rings. The van der Waals surface area contributed by atoms with Crippen LogP contribution in [-0.2, 0) is 6.61 Å². The van der Waals surface area contributed by atoms with Gasteiger partial charge in [-0.3, -0.25) is 9.38 Å². The van der Waals surface area contributed by atoms with Crippen molar-refractivity contribution in [3.8, 4) is 22.5 Å². The van der Waals surface area contributed by atoms with E-state index in [9.17, 15) is 5.11 Å². The van der Waals surface area contributed by atoms with Crippen molar-refractivity contribution in [1.82, 2.24) is 14.4 Å². The summed E-state index contributed by atoms with van der Waals surface area (Å²) in [7, 11) is 0. The maximum atomic E-state index is 9.18. The van der Waals surface area contributed by atoms with Crippen LogP contribution in [0.3, 0.4) is 0 Å². The molecule has 4 rings (SSSR count). The Hall–Kier alpha value is -2.69. The Morgan fingerprint density at radius 1 is 0.958 bits per heavy atom. The number of aliphatic hydroxyl groups is 1. The number of fused-ring (bicyclic) bond motifs is 1. The number of aliphatic hydroxyl groups excluding tert-OH is 1. The largest absolute Gasteiger partial charge is 0.392 e. The minimum atomic E-state index is 0.0357. The highest BCUT2D eigenvalue weighted by Gasteiger charge is 2.10. The maximum Gasteiger partial charge on any atom is 0.155 e. The Morgan fingerprint density at radius 2 is 1.75 bits per heavy atom. The molecule has 4 aromatic rings. The molecule has 0 radical (unpaired) electrons. The fourth-order valence-electron chi connectivity index (χ4n) is 2.69. The standard InChI is InChI=1S/C19H14ClN3O/c20-16-4-2-1-3-15(16)17-11-23-18(9-22-19(23)10-21-17)14-7-5-13(12-24)6-8-14/h1-11,24H,12H2. The lowest BCUT2D eigenvalue weighted by Gasteiger charge is -2.07. The lowest BCUT2D eigenvalue weighted by atomic mass is 10.1. The molecule has 118 valence electrons. The van der Waals surface area contributed by atoms with E-state index < -0.39 is 0 Å². The molecule has 2 heterocycles. The summed E-state index contributed by atoms with van der Waals surface area (Å²) >= 11 is 6.29. The molecule has 0 amide bonds. The molecule has 2 aromatic carbocycles. The molecule has 0 bridgehead atoms. The summed E-state index contributed by atoms with van der Waals surface area (Å²) in [5.74, 6) is 0. The minimum Gasteiger partial charge on any atom is -0.392 e. The van der Waals surface area contributed by atoms with Crippen LogP contribution in [0.1, 0.15) is 5.56 Å². The van der Waals surface area contributed by atoms with Crippen LogP contribution in [0.4, 0.5) is 0 Å². The highest BCUT2D eigenvalue weighted by molar-refractivity contribution is 6.33. The summed E-state index contributed by atoms with van der Waals surface area (Å²) in [5.41, 5.74) is 5.31. The van der Waals surface area contributed by atoms with Crippen LogP contribution in [0.15, 0.2) is 67.1 Å². The van der Waals surface area contributed by atoms with Gasteiger partial charge in [-0.05, 0) is 11.6 Å². The van der Waals surface area contributed by atoms with Crippen molar-refractivity contribution in [3.63, 3.8) is 0 Å². The zero-order valence-corrected chi connectivity index (χ0v) is 13.5. The quantitative estimate of drug-likeness (QED) is 0.610. The van der Waals surface area contributed by atoms with Gasteiger partial charge in [0.1, 0.15) is 0 Å². The second-order valence-corrected chi connectivity index (χ2v) is 5.89. The monoisotopic (exact) mass is 335 g/mol. The highest BCUT2D eigenvalue weighted by atomic mass is 35.5. The van der Waals surface area contributed by atoms with Gasteiger partial charge < -0.3 is 5.11 Å². The Bertz CT molecular complexity index is 1010. The van der Waals surface area contributed by atoms with E-state index in [-0.39, 0.29) is 6.61 Å². The maximum absolute atomic E-state index is 9.18. The molecule has 5 heteroatoms. The third-order valence-electron chi connectivity index (χ3n) is 3.98. The lowest BCUT2D eigenvalue weighted by molar-refractivity contribution is 0.282. The van der Waals surface area contributed by atoms with Crippen LogP contribution >= 0.6 is 11.6 Å². The number of rotatable bonds is 3. The van der Waals surface area contributed by atoms with Gasteiger partial charge >= 0.3 is 0 Å². The van der Waals surface area contributed by atoms with Crippen LogP contribution in [0, 0.1) is 0 Å². The van der Waals surface area contributed by atoms with Crippen molar-refractivity contribution in [2.24, 2.45) is 0 Å². The van der Waals surface area contributed by atoms with Crippen molar-refractivity contribution in [3.05, 3.63) is 77.7 Å². The topological polar surface area (TPSA) is 50.4 Å². The molecule has 0 aliphatic rings. The van der Waals surface area contributed by atoms with Gasteiger partial charge in [0.05, 0.1) is 35.4 Å². The van der Waals surface area contributed by atoms with Crippen LogP contribution in [0.2, 0.25) is 5.02 Å². The first-order valence-electron chi connectivity index (χ1n) is 7.54. The SMILES string of the molecule is OCc1ccc(-c2cnc3cnc(-c4ccccc4Cl)cn23)cc1. The average molecular weight is 336 g/mol. The molecular weight excluding hydrogens is 322 g/mol. The van der Waals surface area contributed by atoms with Crippen LogP contribution in [0.5, 0.6) is 0 Å². The van der Waals surface area contributed by atoms with Crippen LogP contribution < -0.4 is 0 Å². The zero-order valence-electron chi connectivity index (χ0n) is 12.7. The molecule has 0 saturated heterocycles. The number of hydrogen-bond acceptors (Lipinski definition) is 3. The van der Waals surface area contributed by atoms with Gasteiger partial charge in [-0.15, -0.1) is 0 Å². The van der Waals surface area contributed by atoms with Crippen molar-refractivity contribution >= 4 is 17.2 Å². The molecule has 0 atom stereocenters. The summed E-state index contributed by atoms with van der Waals surface area (Å²) in [6.45, 7) is 0.0357. The number of benzene rings is 2. The molecular formula is C19H14ClN3O. The number of halogens is 1. The minimum absolute atomic E-state index is 0.0357. The van der Waals surface area contributed by atoms with Gasteiger partial charge in [0.2, 0.25) is 0 Å². The molecule has 0 unspecified atom stereocenters. The summed E-state index contributed by atoms with van der Waals surface area (Å²) in [6, 6.07) is 15.4. The van der Waals surface area contributed by atoms with Crippen molar-refractivity contribution in [2.75, 3.05) is 0 Å². The number of imidazole rings is 1. The van der Waals surface area contributed by atoms with E-state index in [1.165, 1.54) is 0 Å². The predicted octanol–water partition coefficient (Wildman–Crippen LogP) is 4.21. The molecule has 0 aliphatic heterocycles. The molecule has 24 heavy (non-hydrogen) atoms. The first-order valence-corrected chi connectivity index (χ1v) is 7.92. The van der Waals surface area contributed by atoms with E-state index in [4.69, 9.17) is 11.6 Å². The number of hydrogen-bond donors (Lipinski definition) is 1. The van der Waals surface area contributed by atoms with Crippen LogP contribution in [-0.4, -0.2) is 19.5 Å². The summed E-state index contributed by atoms with van der Waals surface area (Å²) in [5, 5.41) is 9.85. The second kappa shape index (κ2) is 6.07. The van der Waals surface area contributed by atoms with Gasteiger partial charge in [0.25, 0.3) is 0 Å². The Kier molecular flexibility index (Phi) is 3.76. The number of aromatic nitrogens is 3. The van der Waals surface area contributed by atoms with Crippen LogP contribution in [0.25, 0.3) is 28.2 Å². The van der Waals surface area contributed by atoms with E-state index in [1.54, 1.807) is 6.20 Å². The highest BCUT2D eigenvalue weighted by Crippen LogP contribution is 2.28. The smallest absolute Gasteiger partial charge is 0.155 e. The first-order chi connectivity index (χ1) is 11.8. The van der Waals surface area contributed by atoms with E-state index in [0.717, 1.165) is 33.7 Å². The number of nitrogens with zero attached hydrogens (tertiary/aromatic N) is 3. The van der Waals surface area contributed by atoms with Gasteiger partial charge in [-0.25, -0.2) is 4.98 Å². The van der Waals surface area contributed by atoms with E-state index >= 15 is 0 Å². The molecule has 2 aromatic heterocycles. The van der Waals surface area contributed by atoms with Crippen molar-refractivity contribution in [2.45, 2.75) is 6.61 Å². The van der Waals surface area contributed by atoms with E-state index in [1.807, 2.05) is 65.3 Å². The zero-order chi connectivity index (χ0) is 16.5. The Labute approximate surface area is 144 Å². The first kappa shape index (κ1) is 14.9. The second-order valence-electron chi connectivity index (χ2n) is 5.48. The molecule has 1 N–H and O–H groups in total. The third-order valence-corrected chi connectivity index (χ3v) is 4.31. The third kappa shape index (κ3) is 2.56. The van der Waals surface area contributed by atoms with Crippen molar-refractivity contribution < 1.29 is 5.11 Å². The normalized spacial score (nSPS) is 11.1. The Balaban J connectivity index is 1.85. The van der Waals surface area contributed by atoms with Gasteiger partial charge in [-0.2, -0.15) is 0 Å². The van der Waals surface area contributed by atoms with E-state index in [2.05, 4.69) is 9.97 Å². The molecule has 4 nitrogen and oxygen atoms in total.